The Hall–Kier alpha value is -0.410. The van der Waals surface area contributed by atoms with Gasteiger partial charge in [-0.2, -0.15) is 0 Å². The fraction of sp³-hybridized carbons (Fsp3) is 0.938. The average Bonchev–Trinajstić information content (AvgIpc) is 3.05. The smallest absolute Gasteiger partial charge is 0.137 e. The van der Waals surface area contributed by atoms with E-state index in [4.69, 9.17) is 0 Å². The summed E-state index contributed by atoms with van der Waals surface area (Å²) >= 11 is 0. The van der Waals surface area contributed by atoms with Gasteiger partial charge in [-0.15, -0.1) is 0 Å². The van der Waals surface area contributed by atoms with E-state index < -0.39 is 0 Å². The molecule has 0 N–H and O–H groups in total. The third-order valence-corrected chi connectivity index (χ3v) is 5.33. The highest BCUT2D eigenvalue weighted by Crippen LogP contribution is 2.25. The number of carbonyl (C=O) groups is 1. The molecule has 3 aliphatic rings. The fourth-order valence-corrected chi connectivity index (χ4v) is 4.07. The van der Waals surface area contributed by atoms with E-state index in [1.807, 2.05) is 0 Å². The van der Waals surface area contributed by atoms with Crippen LogP contribution < -0.4 is 0 Å². The van der Waals surface area contributed by atoms with Crippen LogP contribution in [0.15, 0.2) is 0 Å². The average molecular weight is 264 g/mol. The number of rotatable bonds is 4. The summed E-state index contributed by atoms with van der Waals surface area (Å²) in [5.41, 5.74) is 0. The molecule has 1 atom stereocenters. The van der Waals surface area contributed by atoms with Crippen molar-refractivity contribution in [1.82, 2.24) is 9.80 Å². The lowest BCUT2D eigenvalue weighted by atomic mass is 9.95. The van der Waals surface area contributed by atoms with Gasteiger partial charge in [-0.05, 0) is 70.6 Å². The molecule has 0 bridgehead atoms. The molecule has 0 aromatic heterocycles. The second-order valence-corrected chi connectivity index (χ2v) is 6.81. The standard InChI is InChI=1S/C16H28N2O/c19-16-5-3-4-15(16)13-18-10-6-14(7-11-18)12-17-8-1-2-9-17/h14-15H,1-13H2. The van der Waals surface area contributed by atoms with Gasteiger partial charge in [0.1, 0.15) is 5.78 Å². The largest absolute Gasteiger partial charge is 0.303 e. The molecule has 3 rings (SSSR count). The lowest BCUT2D eigenvalue weighted by Gasteiger charge is -2.34. The van der Waals surface area contributed by atoms with Gasteiger partial charge < -0.3 is 9.80 Å². The second kappa shape index (κ2) is 6.36. The molecule has 0 spiro atoms. The quantitative estimate of drug-likeness (QED) is 0.777. The summed E-state index contributed by atoms with van der Waals surface area (Å²) in [6.45, 7) is 7.49. The van der Waals surface area contributed by atoms with Crippen molar-refractivity contribution in [3.63, 3.8) is 0 Å². The summed E-state index contributed by atoms with van der Waals surface area (Å²) < 4.78 is 0. The predicted octanol–water partition coefficient (Wildman–Crippen LogP) is 2.16. The Labute approximate surface area is 117 Å². The summed E-state index contributed by atoms with van der Waals surface area (Å²) in [7, 11) is 0. The molecule has 108 valence electrons. The zero-order valence-corrected chi connectivity index (χ0v) is 12.1. The van der Waals surface area contributed by atoms with Gasteiger partial charge in [0.05, 0.1) is 0 Å². The van der Waals surface area contributed by atoms with Crippen LogP contribution in [0.3, 0.4) is 0 Å². The Kier molecular flexibility index (Phi) is 4.54. The number of hydrogen-bond donors (Lipinski definition) is 0. The summed E-state index contributed by atoms with van der Waals surface area (Å²) in [5.74, 6) is 1.81. The normalized spacial score (nSPS) is 31.4. The molecule has 1 aliphatic carbocycles. The maximum Gasteiger partial charge on any atom is 0.137 e. The van der Waals surface area contributed by atoms with Crippen molar-refractivity contribution in [3.05, 3.63) is 0 Å². The fourth-order valence-electron chi connectivity index (χ4n) is 4.07. The van der Waals surface area contributed by atoms with Crippen molar-refractivity contribution in [2.24, 2.45) is 11.8 Å². The van der Waals surface area contributed by atoms with Crippen LogP contribution in [-0.4, -0.2) is 54.9 Å². The van der Waals surface area contributed by atoms with Crippen molar-refractivity contribution >= 4 is 5.78 Å². The van der Waals surface area contributed by atoms with Crippen molar-refractivity contribution in [1.29, 1.82) is 0 Å². The monoisotopic (exact) mass is 264 g/mol. The summed E-state index contributed by atoms with van der Waals surface area (Å²) in [5, 5.41) is 0. The number of likely N-dealkylation sites (tertiary alicyclic amines) is 2. The van der Waals surface area contributed by atoms with Crippen LogP contribution in [0.25, 0.3) is 0 Å². The van der Waals surface area contributed by atoms with E-state index in [9.17, 15) is 4.79 Å². The first kappa shape index (κ1) is 13.6. The van der Waals surface area contributed by atoms with Crippen LogP contribution in [0.4, 0.5) is 0 Å². The van der Waals surface area contributed by atoms with Crippen molar-refractivity contribution in [2.45, 2.75) is 44.9 Å². The lowest BCUT2D eigenvalue weighted by Crippen LogP contribution is -2.40. The van der Waals surface area contributed by atoms with Crippen LogP contribution >= 0.6 is 0 Å². The Morgan fingerprint density at radius 3 is 2.16 bits per heavy atom. The number of piperidine rings is 1. The van der Waals surface area contributed by atoms with Gasteiger partial charge in [0.2, 0.25) is 0 Å². The Bertz CT molecular complexity index is 304. The van der Waals surface area contributed by atoms with Gasteiger partial charge in [-0.1, -0.05) is 0 Å². The third kappa shape index (κ3) is 3.57. The van der Waals surface area contributed by atoms with Crippen LogP contribution in [0.2, 0.25) is 0 Å². The minimum absolute atomic E-state index is 0.370. The molecule has 3 nitrogen and oxygen atoms in total. The molecule has 1 saturated carbocycles. The zero-order chi connectivity index (χ0) is 13.1. The maximum absolute atomic E-state index is 11.7. The highest BCUT2D eigenvalue weighted by molar-refractivity contribution is 5.83. The van der Waals surface area contributed by atoms with E-state index in [1.165, 1.54) is 58.4 Å². The molecule has 0 amide bonds. The summed E-state index contributed by atoms with van der Waals surface area (Å²) in [6.07, 6.45) is 8.62. The first-order valence-electron chi connectivity index (χ1n) is 8.28. The molecule has 2 aliphatic heterocycles. The van der Waals surface area contributed by atoms with Crippen LogP contribution in [0.1, 0.15) is 44.9 Å². The maximum atomic E-state index is 11.7. The number of Topliss-reactive ketones (excluding diaryl/α,β-unsaturated/α-hetero) is 1. The SMILES string of the molecule is O=C1CCCC1CN1CCC(CN2CCCC2)CC1. The van der Waals surface area contributed by atoms with Gasteiger partial charge in [-0.3, -0.25) is 4.79 Å². The molecule has 0 aromatic rings. The van der Waals surface area contributed by atoms with Crippen LogP contribution in [0, 0.1) is 11.8 Å². The van der Waals surface area contributed by atoms with Gasteiger partial charge in [-0.25, -0.2) is 0 Å². The van der Waals surface area contributed by atoms with Crippen LogP contribution in [0.5, 0.6) is 0 Å². The first-order chi connectivity index (χ1) is 9.31. The van der Waals surface area contributed by atoms with E-state index >= 15 is 0 Å². The molecular weight excluding hydrogens is 236 g/mol. The van der Waals surface area contributed by atoms with Crippen LogP contribution in [-0.2, 0) is 4.79 Å². The Balaban J connectivity index is 1.38. The molecular formula is C16H28N2O. The third-order valence-electron chi connectivity index (χ3n) is 5.33. The molecule has 3 fully saturated rings. The first-order valence-corrected chi connectivity index (χ1v) is 8.28. The molecule has 2 saturated heterocycles. The second-order valence-electron chi connectivity index (χ2n) is 6.81. The molecule has 0 aromatic carbocycles. The zero-order valence-electron chi connectivity index (χ0n) is 12.1. The molecule has 3 heteroatoms. The minimum atomic E-state index is 0.370. The molecule has 2 heterocycles. The highest BCUT2D eigenvalue weighted by Gasteiger charge is 2.29. The molecule has 19 heavy (non-hydrogen) atoms. The summed E-state index contributed by atoms with van der Waals surface area (Å²) in [4.78, 5) is 16.9. The Morgan fingerprint density at radius 1 is 0.842 bits per heavy atom. The van der Waals surface area contributed by atoms with Gasteiger partial charge >= 0.3 is 0 Å². The Morgan fingerprint density at radius 2 is 1.53 bits per heavy atom. The van der Waals surface area contributed by atoms with E-state index in [0.717, 1.165) is 31.7 Å². The predicted molar refractivity (Wildman–Crippen MR) is 77.2 cm³/mol. The van der Waals surface area contributed by atoms with E-state index in [-0.39, 0.29) is 0 Å². The van der Waals surface area contributed by atoms with Gasteiger partial charge in [0, 0.05) is 25.4 Å². The number of hydrogen-bond acceptors (Lipinski definition) is 3. The topological polar surface area (TPSA) is 23.6 Å². The van der Waals surface area contributed by atoms with Crippen molar-refractivity contribution < 1.29 is 4.79 Å². The van der Waals surface area contributed by atoms with E-state index in [0.29, 0.717) is 11.7 Å². The van der Waals surface area contributed by atoms with E-state index in [2.05, 4.69) is 9.80 Å². The summed E-state index contributed by atoms with van der Waals surface area (Å²) in [6, 6.07) is 0. The molecule has 1 unspecified atom stereocenters. The lowest BCUT2D eigenvalue weighted by molar-refractivity contribution is -0.121. The van der Waals surface area contributed by atoms with Gasteiger partial charge in [0.15, 0.2) is 0 Å². The molecule has 0 radical (unpaired) electrons. The van der Waals surface area contributed by atoms with Crippen molar-refractivity contribution in [3.8, 4) is 0 Å². The number of ketones is 1. The van der Waals surface area contributed by atoms with Crippen molar-refractivity contribution in [2.75, 3.05) is 39.3 Å². The van der Waals surface area contributed by atoms with E-state index in [1.54, 1.807) is 0 Å². The minimum Gasteiger partial charge on any atom is -0.303 e. The van der Waals surface area contributed by atoms with Gasteiger partial charge in [0.25, 0.3) is 0 Å². The number of nitrogens with zero attached hydrogens (tertiary/aromatic N) is 2. The number of carbonyl (C=O) groups excluding carboxylic acids is 1. The highest BCUT2D eigenvalue weighted by atomic mass is 16.1.